The molecule has 3 atom stereocenters. The summed E-state index contributed by atoms with van der Waals surface area (Å²) < 4.78 is 0. The maximum absolute atomic E-state index is 10.6. The van der Waals surface area contributed by atoms with Crippen LogP contribution in [-0.2, 0) is 0 Å². The Labute approximate surface area is 132 Å². The van der Waals surface area contributed by atoms with Crippen molar-refractivity contribution in [1.82, 2.24) is 0 Å². The molecule has 2 unspecified atom stereocenters. The van der Waals surface area contributed by atoms with Gasteiger partial charge in [-0.2, -0.15) is 0 Å². The highest BCUT2D eigenvalue weighted by molar-refractivity contribution is 6.83. The van der Waals surface area contributed by atoms with Gasteiger partial charge in [0.1, 0.15) is 8.07 Å². The third-order valence-electron chi connectivity index (χ3n) is 4.83. The van der Waals surface area contributed by atoms with Crippen molar-refractivity contribution in [1.29, 1.82) is 0 Å². The number of hydrogen-bond acceptors (Lipinski definition) is 2. The Balaban J connectivity index is 2.53. The van der Waals surface area contributed by atoms with E-state index in [2.05, 4.69) is 45.0 Å². The Morgan fingerprint density at radius 2 is 1.95 bits per heavy atom. The van der Waals surface area contributed by atoms with Gasteiger partial charge in [0.05, 0.1) is 12.2 Å². The van der Waals surface area contributed by atoms with Crippen LogP contribution in [0.2, 0.25) is 19.6 Å². The van der Waals surface area contributed by atoms with E-state index >= 15 is 0 Å². The molecule has 0 heterocycles. The van der Waals surface area contributed by atoms with Gasteiger partial charge >= 0.3 is 0 Å². The number of unbranched alkanes of at least 4 members (excludes halogenated alkanes) is 1. The van der Waals surface area contributed by atoms with Crippen LogP contribution < -0.4 is 0 Å². The molecule has 0 amide bonds. The molecule has 0 aromatic heterocycles. The molecule has 0 aliphatic heterocycles. The van der Waals surface area contributed by atoms with Crippen molar-refractivity contribution in [2.75, 3.05) is 6.61 Å². The lowest BCUT2D eigenvalue weighted by Crippen LogP contribution is -2.46. The van der Waals surface area contributed by atoms with Gasteiger partial charge < -0.3 is 10.2 Å². The lowest BCUT2D eigenvalue weighted by Gasteiger charge is -2.43. The predicted molar refractivity (Wildman–Crippen MR) is 92.7 cm³/mol. The maximum atomic E-state index is 10.6. The minimum Gasteiger partial charge on any atom is -0.393 e. The van der Waals surface area contributed by atoms with Crippen LogP contribution in [0.3, 0.4) is 0 Å². The van der Waals surface area contributed by atoms with Crippen LogP contribution in [0.15, 0.2) is 0 Å². The van der Waals surface area contributed by atoms with E-state index in [9.17, 15) is 10.2 Å². The average molecular weight is 311 g/mol. The molecule has 2 nitrogen and oxygen atoms in total. The van der Waals surface area contributed by atoms with Crippen LogP contribution in [0.1, 0.15) is 52.4 Å². The summed E-state index contributed by atoms with van der Waals surface area (Å²) in [4.78, 5) is 0. The lowest BCUT2D eigenvalue weighted by molar-refractivity contribution is -0.103. The monoisotopic (exact) mass is 310 g/mol. The molecule has 1 aliphatic rings. The van der Waals surface area contributed by atoms with Gasteiger partial charge in [0, 0.05) is 6.42 Å². The quantitative estimate of drug-likeness (QED) is 0.460. The van der Waals surface area contributed by atoms with E-state index < -0.39 is 13.7 Å². The molecule has 0 radical (unpaired) electrons. The minimum absolute atomic E-state index is 0.0942. The number of aliphatic hydroxyl groups excluding tert-OH is 1. The summed E-state index contributed by atoms with van der Waals surface area (Å²) in [6, 6.07) is 0. The smallest absolute Gasteiger partial charge is 0.129 e. The molecule has 0 bridgehead atoms. The fourth-order valence-electron chi connectivity index (χ4n) is 3.31. The summed E-state index contributed by atoms with van der Waals surface area (Å²) in [5, 5.41) is 20.2. The van der Waals surface area contributed by atoms with Crippen molar-refractivity contribution in [2.45, 2.75) is 77.6 Å². The molecule has 0 saturated heterocycles. The van der Waals surface area contributed by atoms with Crippen molar-refractivity contribution in [2.24, 2.45) is 17.8 Å². The molecular weight excluding hydrogens is 276 g/mol. The highest BCUT2D eigenvalue weighted by Gasteiger charge is 2.41. The SMILES string of the molecule is CC(C)[C@H]1CCC(O)(CO)C(CCCC#C[Si](C)(C)C)C1. The van der Waals surface area contributed by atoms with E-state index in [0.29, 0.717) is 11.8 Å². The number of hydrogen-bond donors (Lipinski definition) is 2. The van der Waals surface area contributed by atoms with Crippen molar-refractivity contribution in [3.8, 4) is 11.5 Å². The van der Waals surface area contributed by atoms with E-state index in [1.165, 1.54) is 0 Å². The van der Waals surface area contributed by atoms with Gasteiger partial charge in [0.2, 0.25) is 0 Å². The summed E-state index contributed by atoms with van der Waals surface area (Å²) >= 11 is 0. The molecule has 1 rings (SSSR count). The van der Waals surface area contributed by atoms with E-state index in [1.807, 2.05) is 0 Å². The molecule has 21 heavy (non-hydrogen) atoms. The van der Waals surface area contributed by atoms with Gasteiger partial charge in [-0.3, -0.25) is 0 Å². The maximum Gasteiger partial charge on any atom is 0.129 e. The summed E-state index contributed by atoms with van der Waals surface area (Å²) in [5.74, 6) is 4.90. The van der Waals surface area contributed by atoms with Gasteiger partial charge in [-0.15, -0.1) is 11.5 Å². The fourth-order valence-corrected chi connectivity index (χ4v) is 3.96. The van der Waals surface area contributed by atoms with Crippen LogP contribution in [0, 0.1) is 29.2 Å². The number of rotatable bonds is 5. The van der Waals surface area contributed by atoms with Crippen LogP contribution in [-0.4, -0.2) is 30.5 Å². The largest absolute Gasteiger partial charge is 0.393 e. The first kappa shape index (κ1) is 18.7. The molecule has 1 saturated carbocycles. The molecule has 0 aromatic rings. The van der Waals surface area contributed by atoms with Gasteiger partial charge in [-0.05, 0) is 49.9 Å². The lowest BCUT2D eigenvalue weighted by atomic mass is 9.67. The molecule has 2 N–H and O–H groups in total. The molecule has 3 heteroatoms. The normalized spacial score (nSPS) is 30.1. The fraction of sp³-hybridized carbons (Fsp3) is 0.889. The van der Waals surface area contributed by atoms with Gasteiger partial charge in [-0.1, -0.05) is 33.5 Å². The van der Waals surface area contributed by atoms with E-state index in [0.717, 1.165) is 38.5 Å². The van der Waals surface area contributed by atoms with E-state index in [-0.39, 0.29) is 12.5 Å². The van der Waals surface area contributed by atoms with Crippen LogP contribution in [0.5, 0.6) is 0 Å². The zero-order valence-electron chi connectivity index (χ0n) is 14.6. The second-order valence-corrected chi connectivity index (χ2v) is 12.9. The Morgan fingerprint density at radius 3 is 2.48 bits per heavy atom. The molecule has 0 aromatic carbocycles. The summed E-state index contributed by atoms with van der Waals surface area (Å²) in [6.07, 6.45) is 5.79. The standard InChI is InChI=1S/C18H34O2Si/c1-15(2)16-10-11-18(20,14-19)17(13-16)9-7-6-8-12-21(3,4)5/h15-17,19-20H,6-7,9-11,13-14H2,1-5H3/t16-,17?,18?/m0/s1. The molecule has 0 spiro atoms. The van der Waals surface area contributed by atoms with Gasteiger partial charge in [-0.25, -0.2) is 0 Å². The van der Waals surface area contributed by atoms with Gasteiger partial charge in [0.25, 0.3) is 0 Å². The van der Waals surface area contributed by atoms with Crippen LogP contribution >= 0.6 is 0 Å². The highest BCUT2D eigenvalue weighted by atomic mass is 28.3. The summed E-state index contributed by atoms with van der Waals surface area (Å²) in [7, 11) is -1.26. The second kappa shape index (κ2) is 7.81. The van der Waals surface area contributed by atoms with Crippen molar-refractivity contribution < 1.29 is 10.2 Å². The minimum atomic E-state index is -1.26. The molecule has 1 aliphatic carbocycles. The Morgan fingerprint density at radius 1 is 1.29 bits per heavy atom. The molecule has 1 fully saturated rings. The van der Waals surface area contributed by atoms with E-state index in [4.69, 9.17) is 0 Å². The van der Waals surface area contributed by atoms with Gasteiger partial charge in [0.15, 0.2) is 0 Å². The summed E-state index contributed by atoms with van der Waals surface area (Å²) in [6.45, 7) is 11.2. The van der Waals surface area contributed by atoms with Crippen molar-refractivity contribution in [3.63, 3.8) is 0 Å². The van der Waals surface area contributed by atoms with E-state index in [1.54, 1.807) is 0 Å². The first-order valence-electron chi connectivity index (χ1n) is 8.51. The van der Waals surface area contributed by atoms with Crippen LogP contribution in [0.4, 0.5) is 0 Å². The third-order valence-corrected chi connectivity index (χ3v) is 5.76. The first-order valence-corrected chi connectivity index (χ1v) is 12.0. The summed E-state index contributed by atoms with van der Waals surface area (Å²) in [5.41, 5.74) is 2.55. The highest BCUT2D eigenvalue weighted by Crippen LogP contribution is 2.42. The Bertz CT molecular complexity index is 375. The van der Waals surface area contributed by atoms with Crippen LogP contribution in [0.25, 0.3) is 0 Å². The topological polar surface area (TPSA) is 40.5 Å². The predicted octanol–water partition coefficient (Wildman–Crippen LogP) is 3.83. The molecule has 122 valence electrons. The average Bonchev–Trinajstić information content (AvgIpc) is 2.38. The zero-order chi connectivity index (χ0) is 16.1. The zero-order valence-corrected chi connectivity index (χ0v) is 15.6. The molecular formula is C18H34O2Si. The second-order valence-electron chi connectivity index (χ2n) is 8.18. The van der Waals surface area contributed by atoms with Crippen molar-refractivity contribution >= 4 is 8.07 Å². The Kier molecular flexibility index (Phi) is 6.97. The number of aliphatic hydroxyl groups is 2. The Hall–Kier alpha value is -0.303. The van der Waals surface area contributed by atoms with Crippen molar-refractivity contribution in [3.05, 3.63) is 0 Å². The first-order chi connectivity index (χ1) is 9.68. The third kappa shape index (κ3) is 6.14.